The molecule has 2 amide bonds. The molecule has 0 aromatic heterocycles. The van der Waals surface area contributed by atoms with Crippen LogP contribution in [-0.4, -0.2) is 24.0 Å². The first-order chi connectivity index (χ1) is 11.2. The van der Waals surface area contributed by atoms with Crippen molar-refractivity contribution < 1.29 is 13.9 Å². The van der Waals surface area contributed by atoms with Gasteiger partial charge in [0, 0.05) is 24.8 Å². The van der Waals surface area contributed by atoms with E-state index in [4.69, 9.17) is 4.74 Å². The molecule has 2 aromatic rings. The van der Waals surface area contributed by atoms with Crippen LogP contribution in [0.25, 0.3) is 0 Å². The Morgan fingerprint density at radius 1 is 1.13 bits per heavy atom. The topological polar surface area (TPSA) is 41.6 Å². The molecule has 0 radical (unpaired) electrons. The highest BCUT2D eigenvalue weighted by atomic mass is 19.1. The molecule has 23 heavy (non-hydrogen) atoms. The van der Waals surface area contributed by atoms with E-state index in [0.717, 1.165) is 31.5 Å². The Labute approximate surface area is 134 Å². The smallest absolute Gasteiger partial charge is 0.321 e. The van der Waals surface area contributed by atoms with Crippen molar-refractivity contribution in [3.63, 3.8) is 0 Å². The molecule has 120 valence electrons. The van der Waals surface area contributed by atoms with Crippen molar-refractivity contribution in [1.82, 2.24) is 4.90 Å². The SMILES string of the molecule is O=C(Nc1cccc(OCc2cccc(F)c2)c1)N1CCCC1. The zero-order valence-corrected chi connectivity index (χ0v) is 12.8. The molecule has 0 spiro atoms. The average molecular weight is 314 g/mol. The molecule has 4 nitrogen and oxygen atoms in total. The number of likely N-dealkylation sites (tertiary alicyclic amines) is 1. The van der Waals surface area contributed by atoms with E-state index in [0.29, 0.717) is 11.4 Å². The number of amides is 2. The van der Waals surface area contributed by atoms with Crippen LogP contribution in [0.2, 0.25) is 0 Å². The standard InChI is InChI=1S/C18H19FN2O2/c19-15-6-3-5-14(11-15)13-23-17-8-4-7-16(12-17)20-18(22)21-9-1-2-10-21/h3-8,11-12H,1-2,9-10,13H2,(H,20,22). The van der Waals surface area contributed by atoms with Crippen molar-refractivity contribution in [3.05, 3.63) is 59.9 Å². The first-order valence-electron chi connectivity index (χ1n) is 7.74. The van der Waals surface area contributed by atoms with Crippen molar-refractivity contribution in [3.8, 4) is 5.75 Å². The Hall–Kier alpha value is -2.56. The Morgan fingerprint density at radius 2 is 1.91 bits per heavy atom. The van der Waals surface area contributed by atoms with Gasteiger partial charge in [-0.1, -0.05) is 18.2 Å². The summed E-state index contributed by atoms with van der Waals surface area (Å²) in [6, 6.07) is 13.5. The highest BCUT2D eigenvalue weighted by molar-refractivity contribution is 5.89. The summed E-state index contributed by atoms with van der Waals surface area (Å²) in [5.41, 5.74) is 1.45. The molecular weight excluding hydrogens is 295 g/mol. The van der Waals surface area contributed by atoms with E-state index in [1.54, 1.807) is 17.0 Å². The van der Waals surface area contributed by atoms with Crippen LogP contribution in [-0.2, 0) is 6.61 Å². The fraction of sp³-hybridized carbons (Fsp3) is 0.278. The van der Waals surface area contributed by atoms with Crippen molar-refractivity contribution in [2.45, 2.75) is 19.4 Å². The third-order valence-corrected chi connectivity index (χ3v) is 3.77. The van der Waals surface area contributed by atoms with Crippen LogP contribution in [0.4, 0.5) is 14.9 Å². The number of carbonyl (C=O) groups is 1. The minimum absolute atomic E-state index is 0.0789. The van der Waals surface area contributed by atoms with Gasteiger partial charge in [0.1, 0.15) is 18.2 Å². The fourth-order valence-electron chi connectivity index (χ4n) is 2.58. The van der Waals surface area contributed by atoms with Crippen LogP contribution < -0.4 is 10.1 Å². The first kappa shape index (κ1) is 15.3. The molecular formula is C18H19FN2O2. The second-order valence-corrected chi connectivity index (χ2v) is 5.57. The lowest BCUT2D eigenvalue weighted by Crippen LogP contribution is -2.32. The van der Waals surface area contributed by atoms with Gasteiger partial charge in [-0.25, -0.2) is 9.18 Å². The summed E-state index contributed by atoms with van der Waals surface area (Å²) in [5.74, 6) is 0.353. The van der Waals surface area contributed by atoms with Gasteiger partial charge in [-0.05, 0) is 42.7 Å². The van der Waals surface area contributed by atoms with Crippen molar-refractivity contribution in [1.29, 1.82) is 0 Å². The maximum atomic E-state index is 13.1. The maximum Gasteiger partial charge on any atom is 0.321 e. The molecule has 0 aliphatic carbocycles. The molecule has 5 heteroatoms. The molecule has 1 fully saturated rings. The molecule has 3 rings (SSSR count). The zero-order valence-electron chi connectivity index (χ0n) is 12.8. The number of hydrogen-bond acceptors (Lipinski definition) is 2. The molecule has 1 heterocycles. The molecule has 1 N–H and O–H groups in total. The molecule has 0 saturated carbocycles. The normalized spacial score (nSPS) is 13.9. The van der Waals surface area contributed by atoms with E-state index in [1.807, 2.05) is 24.3 Å². The largest absolute Gasteiger partial charge is 0.489 e. The van der Waals surface area contributed by atoms with Crippen LogP contribution in [0.5, 0.6) is 5.75 Å². The minimum atomic E-state index is -0.280. The quantitative estimate of drug-likeness (QED) is 0.925. The Morgan fingerprint density at radius 3 is 2.70 bits per heavy atom. The van der Waals surface area contributed by atoms with Gasteiger partial charge in [-0.15, -0.1) is 0 Å². The summed E-state index contributed by atoms with van der Waals surface area (Å²) in [5, 5.41) is 2.88. The number of anilines is 1. The number of rotatable bonds is 4. The molecule has 2 aromatic carbocycles. The summed E-state index contributed by atoms with van der Waals surface area (Å²) in [6.07, 6.45) is 2.12. The predicted octanol–water partition coefficient (Wildman–Crippen LogP) is 4.03. The highest BCUT2D eigenvalue weighted by Gasteiger charge is 2.17. The van der Waals surface area contributed by atoms with E-state index in [-0.39, 0.29) is 18.5 Å². The average Bonchev–Trinajstić information content (AvgIpc) is 3.08. The number of halogens is 1. The number of nitrogens with zero attached hydrogens (tertiary/aromatic N) is 1. The van der Waals surface area contributed by atoms with Crippen molar-refractivity contribution in [2.24, 2.45) is 0 Å². The number of benzene rings is 2. The van der Waals surface area contributed by atoms with E-state index < -0.39 is 0 Å². The third-order valence-electron chi connectivity index (χ3n) is 3.77. The fourth-order valence-corrected chi connectivity index (χ4v) is 2.58. The predicted molar refractivity (Wildman–Crippen MR) is 87.0 cm³/mol. The van der Waals surface area contributed by atoms with Gasteiger partial charge < -0.3 is 15.0 Å². The van der Waals surface area contributed by atoms with Crippen molar-refractivity contribution in [2.75, 3.05) is 18.4 Å². The van der Waals surface area contributed by atoms with Crippen LogP contribution in [0, 0.1) is 5.82 Å². The summed E-state index contributed by atoms with van der Waals surface area (Å²) >= 11 is 0. The second kappa shape index (κ2) is 7.13. The number of nitrogens with one attached hydrogen (secondary N) is 1. The van der Waals surface area contributed by atoms with Crippen LogP contribution in [0.1, 0.15) is 18.4 Å². The summed E-state index contributed by atoms with van der Waals surface area (Å²) in [7, 11) is 0. The molecule has 1 aliphatic heterocycles. The van der Waals surface area contributed by atoms with Crippen LogP contribution >= 0.6 is 0 Å². The van der Waals surface area contributed by atoms with Gasteiger partial charge in [0.25, 0.3) is 0 Å². The molecule has 1 saturated heterocycles. The van der Waals surface area contributed by atoms with Gasteiger partial charge in [-0.3, -0.25) is 0 Å². The number of urea groups is 1. The third kappa shape index (κ3) is 4.22. The van der Waals surface area contributed by atoms with Gasteiger partial charge in [0.15, 0.2) is 0 Å². The number of ether oxygens (including phenoxy) is 1. The second-order valence-electron chi connectivity index (χ2n) is 5.57. The monoisotopic (exact) mass is 314 g/mol. The maximum absolute atomic E-state index is 13.1. The lowest BCUT2D eigenvalue weighted by molar-refractivity contribution is 0.222. The minimum Gasteiger partial charge on any atom is -0.489 e. The van der Waals surface area contributed by atoms with Gasteiger partial charge in [0.2, 0.25) is 0 Å². The van der Waals surface area contributed by atoms with E-state index >= 15 is 0 Å². The lowest BCUT2D eigenvalue weighted by atomic mass is 10.2. The van der Waals surface area contributed by atoms with E-state index in [1.165, 1.54) is 12.1 Å². The van der Waals surface area contributed by atoms with Crippen LogP contribution in [0.15, 0.2) is 48.5 Å². The zero-order chi connectivity index (χ0) is 16.1. The summed E-state index contributed by atoms with van der Waals surface area (Å²) in [4.78, 5) is 13.9. The molecule has 1 aliphatic rings. The molecule has 0 atom stereocenters. The van der Waals surface area contributed by atoms with E-state index in [2.05, 4.69) is 5.32 Å². The highest BCUT2D eigenvalue weighted by Crippen LogP contribution is 2.20. The number of hydrogen-bond donors (Lipinski definition) is 1. The van der Waals surface area contributed by atoms with E-state index in [9.17, 15) is 9.18 Å². The molecule has 0 unspecified atom stereocenters. The molecule has 0 bridgehead atoms. The number of carbonyl (C=O) groups excluding carboxylic acids is 1. The Kier molecular flexibility index (Phi) is 4.76. The summed E-state index contributed by atoms with van der Waals surface area (Å²) < 4.78 is 18.8. The summed E-state index contributed by atoms with van der Waals surface area (Å²) in [6.45, 7) is 1.89. The van der Waals surface area contributed by atoms with Gasteiger partial charge in [0.05, 0.1) is 0 Å². The van der Waals surface area contributed by atoms with Gasteiger partial charge in [-0.2, -0.15) is 0 Å². The van der Waals surface area contributed by atoms with Crippen LogP contribution in [0.3, 0.4) is 0 Å². The first-order valence-corrected chi connectivity index (χ1v) is 7.74. The Balaban J connectivity index is 1.59. The Bertz CT molecular complexity index is 684. The van der Waals surface area contributed by atoms with Crippen molar-refractivity contribution >= 4 is 11.7 Å². The lowest BCUT2D eigenvalue weighted by Gasteiger charge is -2.16. The van der Waals surface area contributed by atoms with Gasteiger partial charge >= 0.3 is 6.03 Å².